The minimum atomic E-state index is 0.606. The minimum absolute atomic E-state index is 0.606. The van der Waals surface area contributed by atoms with Crippen LogP contribution < -0.4 is 10.1 Å². The number of nitrogens with one attached hydrogen (secondary N) is 1. The average Bonchev–Trinajstić information content (AvgIpc) is 2.62. The van der Waals surface area contributed by atoms with Gasteiger partial charge in [-0.3, -0.25) is 0 Å². The molecule has 0 saturated carbocycles. The first kappa shape index (κ1) is 14.8. The van der Waals surface area contributed by atoms with Gasteiger partial charge < -0.3 is 10.1 Å². The van der Waals surface area contributed by atoms with E-state index in [-0.39, 0.29) is 0 Å². The molecule has 3 unspecified atom stereocenters. The molecule has 2 aromatic carbocycles. The van der Waals surface area contributed by atoms with Crippen molar-refractivity contribution in [1.29, 1.82) is 0 Å². The Bertz CT molecular complexity index is 664. The summed E-state index contributed by atoms with van der Waals surface area (Å²) in [7, 11) is 1.72. The third-order valence-corrected chi connectivity index (χ3v) is 5.66. The molecule has 1 fully saturated rings. The van der Waals surface area contributed by atoms with E-state index in [1.54, 1.807) is 18.2 Å². The van der Waals surface area contributed by atoms with Crippen LogP contribution in [-0.4, -0.2) is 19.7 Å². The predicted octanol–water partition coefficient (Wildman–Crippen LogP) is 3.95. The molecule has 1 saturated heterocycles. The maximum atomic E-state index is 5.25. The lowest BCUT2D eigenvalue weighted by atomic mass is 9.70. The molecule has 2 aromatic rings. The van der Waals surface area contributed by atoms with Gasteiger partial charge in [0, 0.05) is 12.6 Å². The van der Waals surface area contributed by atoms with E-state index in [2.05, 4.69) is 53.8 Å². The topological polar surface area (TPSA) is 21.3 Å². The van der Waals surface area contributed by atoms with Crippen LogP contribution in [0.1, 0.15) is 35.4 Å². The summed E-state index contributed by atoms with van der Waals surface area (Å²) in [6, 6.07) is 18.2. The Morgan fingerprint density at radius 3 is 2.74 bits per heavy atom. The van der Waals surface area contributed by atoms with Crippen molar-refractivity contribution < 1.29 is 4.74 Å². The van der Waals surface area contributed by atoms with Crippen molar-refractivity contribution in [3.8, 4) is 5.75 Å². The van der Waals surface area contributed by atoms with Crippen LogP contribution in [0, 0.1) is 5.92 Å². The van der Waals surface area contributed by atoms with Gasteiger partial charge in [0.05, 0.1) is 7.11 Å². The number of aryl methyl sites for hydroxylation is 1. The summed E-state index contributed by atoms with van der Waals surface area (Å²) in [5, 5.41) is 3.81. The number of rotatable bonds is 3. The summed E-state index contributed by atoms with van der Waals surface area (Å²) in [5.41, 5.74) is 4.57. The van der Waals surface area contributed by atoms with Crippen LogP contribution in [0.2, 0.25) is 0 Å². The molecule has 1 N–H and O–H groups in total. The molecule has 0 amide bonds. The van der Waals surface area contributed by atoms with Crippen molar-refractivity contribution in [2.45, 2.75) is 37.6 Å². The molecule has 0 spiro atoms. The summed E-state index contributed by atoms with van der Waals surface area (Å²) in [5.74, 6) is 2.50. The molecular formula is C21H25NO. The van der Waals surface area contributed by atoms with Gasteiger partial charge in [-0.25, -0.2) is 0 Å². The smallest absolute Gasteiger partial charge is 0.118 e. The van der Waals surface area contributed by atoms with Gasteiger partial charge in [0.25, 0.3) is 0 Å². The number of benzene rings is 2. The van der Waals surface area contributed by atoms with Crippen LogP contribution in [0.4, 0.5) is 0 Å². The van der Waals surface area contributed by atoms with Gasteiger partial charge in [-0.05, 0) is 66.3 Å². The fourth-order valence-corrected chi connectivity index (χ4v) is 4.42. The first-order chi connectivity index (χ1) is 11.3. The van der Waals surface area contributed by atoms with E-state index >= 15 is 0 Å². The van der Waals surface area contributed by atoms with Gasteiger partial charge in [0.1, 0.15) is 5.75 Å². The van der Waals surface area contributed by atoms with Crippen LogP contribution in [0.15, 0.2) is 48.5 Å². The lowest BCUT2D eigenvalue weighted by molar-refractivity contribution is 0.239. The second-order valence-electron chi connectivity index (χ2n) is 7.00. The molecule has 23 heavy (non-hydrogen) atoms. The zero-order valence-corrected chi connectivity index (χ0v) is 13.8. The predicted molar refractivity (Wildman–Crippen MR) is 94.1 cm³/mol. The monoisotopic (exact) mass is 307 g/mol. The Hall–Kier alpha value is -1.80. The van der Waals surface area contributed by atoms with Gasteiger partial charge >= 0.3 is 0 Å². The molecule has 1 heterocycles. The van der Waals surface area contributed by atoms with Crippen molar-refractivity contribution in [2.24, 2.45) is 5.92 Å². The summed E-state index contributed by atoms with van der Waals surface area (Å²) in [6.45, 7) is 1.13. The molecule has 0 radical (unpaired) electrons. The first-order valence-corrected chi connectivity index (χ1v) is 8.77. The van der Waals surface area contributed by atoms with Gasteiger partial charge in [-0.15, -0.1) is 0 Å². The Morgan fingerprint density at radius 2 is 1.91 bits per heavy atom. The quantitative estimate of drug-likeness (QED) is 0.927. The molecule has 3 atom stereocenters. The normalized spacial score (nSPS) is 26.2. The molecule has 1 aliphatic heterocycles. The molecule has 0 aromatic heterocycles. The third kappa shape index (κ3) is 3.00. The highest BCUT2D eigenvalue weighted by Gasteiger charge is 2.34. The second kappa shape index (κ2) is 6.37. The average molecular weight is 307 g/mol. The maximum Gasteiger partial charge on any atom is 0.118 e. The fraction of sp³-hybridized carbons (Fsp3) is 0.429. The summed E-state index contributed by atoms with van der Waals surface area (Å²) in [4.78, 5) is 0. The highest BCUT2D eigenvalue weighted by Crippen LogP contribution is 2.40. The number of ether oxygens (including phenoxy) is 1. The van der Waals surface area contributed by atoms with Crippen molar-refractivity contribution in [3.05, 3.63) is 65.2 Å². The molecular weight excluding hydrogens is 282 g/mol. The Labute approximate surface area is 138 Å². The number of methoxy groups -OCH3 is 1. The van der Waals surface area contributed by atoms with Crippen LogP contribution >= 0.6 is 0 Å². The van der Waals surface area contributed by atoms with Crippen molar-refractivity contribution in [2.75, 3.05) is 13.7 Å². The lowest BCUT2D eigenvalue weighted by Gasteiger charge is -2.41. The van der Waals surface area contributed by atoms with Gasteiger partial charge in [-0.1, -0.05) is 36.4 Å². The number of hydrogen-bond donors (Lipinski definition) is 1. The first-order valence-electron chi connectivity index (χ1n) is 8.77. The molecule has 2 heteroatoms. The lowest BCUT2D eigenvalue weighted by Crippen LogP contribution is -2.45. The largest absolute Gasteiger partial charge is 0.497 e. The molecule has 1 aliphatic carbocycles. The van der Waals surface area contributed by atoms with E-state index in [9.17, 15) is 0 Å². The summed E-state index contributed by atoms with van der Waals surface area (Å²) in [6.07, 6.45) is 5.02. The number of piperidine rings is 1. The van der Waals surface area contributed by atoms with Crippen molar-refractivity contribution >= 4 is 0 Å². The Morgan fingerprint density at radius 1 is 1.09 bits per heavy atom. The molecule has 4 rings (SSSR count). The SMILES string of the molecule is COc1ccc(CC2CC3CCc4ccccc4C3CN2)cc1. The van der Waals surface area contributed by atoms with E-state index in [0.717, 1.165) is 24.6 Å². The van der Waals surface area contributed by atoms with E-state index in [0.29, 0.717) is 12.0 Å². The standard InChI is InChI=1S/C21H25NO/c1-23-19-10-6-15(7-11-19)12-18-13-17-9-8-16-4-2-3-5-20(16)21(17)14-22-18/h2-7,10-11,17-18,21-22H,8-9,12-14H2,1H3. The highest BCUT2D eigenvalue weighted by atomic mass is 16.5. The zero-order chi connectivity index (χ0) is 15.6. The van der Waals surface area contributed by atoms with Crippen LogP contribution in [-0.2, 0) is 12.8 Å². The Balaban J connectivity index is 1.43. The second-order valence-corrected chi connectivity index (χ2v) is 7.00. The fourth-order valence-electron chi connectivity index (χ4n) is 4.42. The molecule has 120 valence electrons. The minimum Gasteiger partial charge on any atom is -0.497 e. The maximum absolute atomic E-state index is 5.25. The summed E-state index contributed by atoms with van der Waals surface area (Å²) >= 11 is 0. The van der Waals surface area contributed by atoms with Crippen LogP contribution in [0.3, 0.4) is 0 Å². The van der Waals surface area contributed by atoms with E-state index in [4.69, 9.17) is 4.74 Å². The van der Waals surface area contributed by atoms with Crippen molar-refractivity contribution in [1.82, 2.24) is 5.32 Å². The van der Waals surface area contributed by atoms with Gasteiger partial charge in [-0.2, -0.15) is 0 Å². The van der Waals surface area contributed by atoms with E-state index in [1.807, 2.05) is 0 Å². The van der Waals surface area contributed by atoms with Gasteiger partial charge in [0.15, 0.2) is 0 Å². The van der Waals surface area contributed by atoms with Crippen LogP contribution in [0.25, 0.3) is 0 Å². The highest BCUT2D eigenvalue weighted by molar-refractivity contribution is 5.34. The number of hydrogen-bond acceptors (Lipinski definition) is 2. The van der Waals surface area contributed by atoms with Crippen LogP contribution in [0.5, 0.6) is 5.75 Å². The summed E-state index contributed by atoms with van der Waals surface area (Å²) < 4.78 is 5.25. The van der Waals surface area contributed by atoms with E-state index < -0.39 is 0 Å². The molecule has 2 nitrogen and oxygen atoms in total. The van der Waals surface area contributed by atoms with Crippen molar-refractivity contribution in [3.63, 3.8) is 0 Å². The third-order valence-electron chi connectivity index (χ3n) is 5.66. The molecule has 2 aliphatic rings. The Kier molecular flexibility index (Phi) is 4.09. The molecule has 0 bridgehead atoms. The van der Waals surface area contributed by atoms with E-state index in [1.165, 1.54) is 24.8 Å². The zero-order valence-electron chi connectivity index (χ0n) is 13.8. The number of fused-ring (bicyclic) bond motifs is 3. The van der Waals surface area contributed by atoms with Gasteiger partial charge in [0.2, 0.25) is 0 Å².